The third-order valence-corrected chi connectivity index (χ3v) is 5.61. The zero-order chi connectivity index (χ0) is 16.6. The maximum atomic E-state index is 13.8. The molecule has 0 spiro atoms. The standard InChI is InChI=1S/C14H14FN3O4S/c15-11-4-1-2-5-12(11)17-9-10(8-16-17)23(21,22)18-7-3-6-13(18)14(19)20/h1-2,4-5,8-9,13H,3,6-7H2,(H,19,20)/t13-/m1/s1. The van der Waals surface area contributed by atoms with Crippen LogP contribution in [0.5, 0.6) is 0 Å². The molecule has 1 aromatic heterocycles. The van der Waals surface area contributed by atoms with Crippen LogP contribution in [0.1, 0.15) is 12.8 Å². The summed E-state index contributed by atoms with van der Waals surface area (Å²) < 4.78 is 41.0. The first-order valence-electron chi connectivity index (χ1n) is 6.95. The molecular formula is C14H14FN3O4S. The van der Waals surface area contributed by atoms with Crippen molar-refractivity contribution in [1.29, 1.82) is 0 Å². The molecular weight excluding hydrogens is 325 g/mol. The van der Waals surface area contributed by atoms with Gasteiger partial charge in [-0.25, -0.2) is 17.5 Å². The van der Waals surface area contributed by atoms with Crippen molar-refractivity contribution in [2.45, 2.75) is 23.8 Å². The van der Waals surface area contributed by atoms with E-state index in [-0.39, 0.29) is 23.5 Å². The molecule has 2 aromatic rings. The third-order valence-electron chi connectivity index (χ3n) is 3.75. The second-order valence-electron chi connectivity index (χ2n) is 5.18. The van der Waals surface area contributed by atoms with Crippen molar-refractivity contribution in [3.8, 4) is 5.69 Å². The van der Waals surface area contributed by atoms with E-state index in [1.165, 1.54) is 24.4 Å². The van der Waals surface area contributed by atoms with Crippen LogP contribution in [-0.4, -0.2) is 46.2 Å². The predicted molar refractivity (Wildman–Crippen MR) is 78.1 cm³/mol. The van der Waals surface area contributed by atoms with Gasteiger partial charge in [-0.15, -0.1) is 0 Å². The third kappa shape index (κ3) is 2.73. The number of para-hydroxylation sites is 1. The Kier molecular flexibility index (Phi) is 3.90. The van der Waals surface area contributed by atoms with Gasteiger partial charge in [-0.2, -0.15) is 9.40 Å². The van der Waals surface area contributed by atoms with Gasteiger partial charge in [0.05, 0.1) is 12.4 Å². The molecule has 1 atom stereocenters. The Morgan fingerprint density at radius 1 is 1.35 bits per heavy atom. The molecule has 23 heavy (non-hydrogen) atoms. The molecule has 1 aromatic carbocycles. The molecule has 7 nitrogen and oxygen atoms in total. The smallest absolute Gasteiger partial charge is 0.322 e. The van der Waals surface area contributed by atoms with Crippen molar-refractivity contribution in [3.63, 3.8) is 0 Å². The molecule has 1 N–H and O–H groups in total. The van der Waals surface area contributed by atoms with Crippen LogP contribution in [0, 0.1) is 5.82 Å². The topological polar surface area (TPSA) is 92.5 Å². The molecule has 3 rings (SSSR count). The van der Waals surface area contributed by atoms with Gasteiger partial charge in [0.1, 0.15) is 22.4 Å². The molecule has 0 bridgehead atoms. The second-order valence-corrected chi connectivity index (χ2v) is 7.07. The first-order chi connectivity index (χ1) is 10.9. The molecule has 0 unspecified atom stereocenters. The predicted octanol–water partition coefficient (Wildman–Crippen LogP) is 1.25. The van der Waals surface area contributed by atoms with Crippen LogP contribution < -0.4 is 0 Å². The molecule has 1 fully saturated rings. The second kappa shape index (κ2) is 5.74. The average molecular weight is 339 g/mol. The van der Waals surface area contributed by atoms with E-state index in [1.54, 1.807) is 6.07 Å². The zero-order valence-electron chi connectivity index (χ0n) is 12.0. The highest BCUT2D eigenvalue weighted by Crippen LogP contribution is 2.26. The number of hydrogen-bond acceptors (Lipinski definition) is 4. The van der Waals surface area contributed by atoms with Gasteiger partial charge in [-0.3, -0.25) is 4.79 Å². The average Bonchev–Trinajstić information content (AvgIpc) is 3.17. The van der Waals surface area contributed by atoms with Gasteiger partial charge < -0.3 is 5.11 Å². The van der Waals surface area contributed by atoms with E-state index in [9.17, 15) is 17.6 Å². The van der Waals surface area contributed by atoms with E-state index in [0.717, 1.165) is 15.2 Å². The lowest BCUT2D eigenvalue weighted by atomic mass is 10.2. The number of nitrogens with zero attached hydrogens (tertiary/aromatic N) is 3. The van der Waals surface area contributed by atoms with E-state index < -0.39 is 27.9 Å². The molecule has 9 heteroatoms. The van der Waals surface area contributed by atoms with E-state index in [4.69, 9.17) is 5.11 Å². The molecule has 122 valence electrons. The fourth-order valence-electron chi connectivity index (χ4n) is 2.62. The molecule has 1 saturated heterocycles. The number of benzene rings is 1. The van der Waals surface area contributed by atoms with Crippen LogP contribution >= 0.6 is 0 Å². The van der Waals surface area contributed by atoms with Gasteiger partial charge in [0, 0.05) is 6.54 Å². The number of hydrogen-bond donors (Lipinski definition) is 1. The Labute approximate surface area is 132 Å². The number of carboxylic acid groups (broad SMARTS) is 1. The largest absolute Gasteiger partial charge is 0.480 e. The highest BCUT2D eigenvalue weighted by atomic mass is 32.2. The fraction of sp³-hybridized carbons (Fsp3) is 0.286. The molecule has 0 saturated carbocycles. The first kappa shape index (κ1) is 15.6. The summed E-state index contributed by atoms with van der Waals surface area (Å²) in [5.74, 6) is -1.71. The Balaban J connectivity index is 1.96. The molecule has 1 aliphatic heterocycles. The van der Waals surface area contributed by atoms with Crippen molar-refractivity contribution in [1.82, 2.24) is 14.1 Å². The number of aliphatic carboxylic acids is 1. The quantitative estimate of drug-likeness (QED) is 0.905. The Hall–Kier alpha value is -2.26. The minimum Gasteiger partial charge on any atom is -0.480 e. The van der Waals surface area contributed by atoms with Crippen molar-refractivity contribution < 1.29 is 22.7 Å². The maximum absolute atomic E-state index is 13.8. The molecule has 0 radical (unpaired) electrons. The van der Waals surface area contributed by atoms with Crippen molar-refractivity contribution >= 4 is 16.0 Å². The number of rotatable bonds is 4. The summed E-state index contributed by atoms with van der Waals surface area (Å²) in [5, 5.41) is 13.0. The lowest BCUT2D eigenvalue weighted by Crippen LogP contribution is -2.40. The van der Waals surface area contributed by atoms with Gasteiger partial charge in [0.15, 0.2) is 0 Å². The summed E-state index contributed by atoms with van der Waals surface area (Å²) in [7, 11) is -3.99. The summed E-state index contributed by atoms with van der Waals surface area (Å²) >= 11 is 0. The summed E-state index contributed by atoms with van der Waals surface area (Å²) in [6, 6.07) is 4.76. The molecule has 0 aliphatic carbocycles. The van der Waals surface area contributed by atoms with E-state index in [0.29, 0.717) is 6.42 Å². The van der Waals surface area contributed by atoms with Gasteiger partial charge in [-0.05, 0) is 25.0 Å². The molecule has 2 heterocycles. The number of halogens is 1. The number of carbonyl (C=O) groups is 1. The number of sulfonamides is 1. The number of carboxylic acids is 1. The highest BCUT2D eigenvalue weighted by molar-refractivity contribution is 7.89. The van der Waals surface area contributed by atoms with Crippen molar-refractivity contribution in [3.05, 3.63) is 42.5 Å². The van der Waals surface area contributed by atoms with Gasteiger partial charge in [-0.1, -0.05) is 12.1 Å². The van der Waals surface area contributed by atoms with Crippen LogP contribution in [0.2, 0.25) is 0 Å². The summed E-state index contributed by atoms with van der Waals surface area (Å²) in [4.78, 5) is 11.0. The van der Waals surface area contributed by atoms with Gasteiger partial charge in [0.2, 0.25) is 10.0 Å². The van der Waals surface area contributed by atoms with Crippen LogP contribution in [0.25, 0.3) is 5.69 Å². The summed E-state index contributed by atoms with van der Waals surface area (Å²) in [5.41, 5.74) is 0.116. The normalized spacial score (nSPS) is 19.1. The van der Waals surface area contributed by atoms with E-state index >= 15 is 0 Å². The summed E-state index contributed by atoms with van der Waals surface area (Å²) in [6.07, 6.45) is 3.04. The molecule has 0 amide bonds. The van der Waals surface area contributed by atoms with Crippen LogP contribution in [0.3, 0.4) is 0 Å². The van der Waals surface area contributed by atoms with Crippen molar-refractivity contribution in [2.75, 3.05) is 6.54 Å². The first-order valence-corrected chi connectivity index (χ1v) is 8.39. The van der Waals surface area contributed by atoms with Crippen LogP contribution in [0.4, 0.5) is 4.39 Å². The minimum atomic E-state index is -3.99. The fourth-order valence-corrected chi connectivity index (χ4v) is 4.20. The Morgan fingerprint density at radius 3 is 2.78 bits per heavy atom. The van der Waals surface area contributed by atoms with E-state index in [2.05, 4.69) is 5.10 Å². The maximum Gasteiger partial charge on any atom is 0.322 e. The zero-order valence-corrected chi connectivity index (χ0v) is 12.8. The lowest BCUT2D eigenvalue weighted by molar-refractivity contribution is -0.140. The van der Waals surface area contributed by atoms with E-state index in [1.807, 2.05) is 0 Å². The molecule has 1 aliphatic rings. The van der Waals surface area contributed by atoms with Gasteiger partial charge in [0.25, 0.3) is 0 Å². The minimum absolute atomic E-state index is 0.116. The monoisotopic (exact) mass is 339 g/mol. The summed E-state index contributed by atoms with van der Waals surface area (Å²) in [6.45, 7) is 0.143. The SMILES string of the molecule is O=C(O)[C@H]1CCCN1S(=O)(=O)c1cnn(-c2ccccc2F)c1. The van der Waals surface area contributed by atoms with Gasteiger partial charge >= 0.3 is 5.97 Å². The number of aromatic nitrogens is 2. The lowest BCUT2D eigenvalue weighted by Gasteiger charge is -2.19. The highest BCUT2D eigenvalue weighted by Gasteiger charge is 2.40. The van der Waals surface area contributed by atoms with Crippen LogP contribution in [-0.2, 0) is 14.8 Å². The van der Waals surface area contributed by atoms with Crippen molar-refractivity contribution in [2.24, 2.45) is 0 Å². The Bertz CT molecular complexity index is 849. The van der Waals surface area contributed by atoms with Crippen LogP contribution in [0.15, 0.2) is 41.6 Å². The Morgan fingerprint density at radius 2 is 2.09 bits per heavy atom.